The van der Waals surface area contributed by atoms with Crippen LogP contribution in [0, 0.1) is 0 Å². The minimum Gasteiger partial charge on any atom is -0.478 e. The van der Waals surface area contributed by atoms with E-state index >= 15 is 0 Å². The molecule has 0 radical (unpaired) electrons. The van der Waals surface area contributed by atoms with Crippen LogP contribution in [0.4, 0.5) is 5.69 Å². The third kappa shape index (κ3) is 6.08. The van der Waals surface area contributed by atoms with E-state index in [-0.39, 0.29) is 5.97 Å². The number of carbonyl (C=O) groups is 1. The first-order chi connectivity index (χ1) is 14.7. The Morgan fingerprint density at radius 1 is 0.933 bits per heavy atom. The van der Waals surface area contributed by atoms with E-state index in [0.29, 0.717) is 38.5 Å². The van der Waals surface area contributed by atoms with Crippen molar-refractivity contribution in [2.45, 2.75) is 33.2 Å². The van der Waals surface area contributed by atoms with E-state index < -0.39 is 0 Å². The lowest BCUT2D eigenvalue weighted by Crippen LogP contribution is -2.06. The van der Waals surface area contributed by atoms with Gasteiger partial charge in [0.05, 0.1) is 18.9 Å². The molecule has 0 saturated carbocycles. The van der Waals surface area contributed by atoms with Gasteiger partial charge in [0.1, 0.15) is 0 Å². The van der Waals surface area contributed by atoms with Crippen molar-refractivity contribution in [3.63, 3.8) is 0 Å². The monoisotopic (exact) mass is 404 g/mol. The molecule has 0 amide bonds. The van der Waals surface area contributed by atoms with Crippen molar-refractivity contribution in [3.05, 3.63) is 77.9 Å². The van der Waals surface area contributed by atoms with Gasteiger partial charge < -0.3 is 14.8 Å². The van der Waals surface area contributed by atoms with E-state index in [1.165, 1.54) is 0 Å². The van der Waals surface area contributed by atoms with Gasteiger partial charge in [-0.25, -0.2) is 4.98 Å². The summed E-state index contributed by atoms with van der Waals surface area (Å²) in [5.74, 6) is 0.493. The molecule has 30 heavy (non-hydrogen) atoms. The Bertz CT molecular complexity index is 940. The number of pyridine rings is 1. The molecule has 0 aliphatic carbocycles. The summed E-state index contributed by atoms with van der Waals surface area (Å²) in [6.45, 7) is 5.38. The molecule has 0 aliphatic heterocycles. The number of hydrogen-bond donors (Lipinski definition) is 1. The molecule has 0 atom stereocenters. The quantitative estimate of drug-likeness (QED) is 0.467. The van der Waals surface area contributed by atoms with Gasteiger partial charge in [-0.1, -0.05) is 42.5 Å². The average molecular weight is 405 g/mol. The summed E-state index contributed by atoms with van der Waals surface area (Å²) in [7, 11) is 0. The Morgan fingerprint density at radius 3 is 2.40 bits per heavy atom. The van der Waals surface area contributed by atoms with Crippen molar-refractivity contribution in [3.8, 4) is 17.1 Å². The van der Waals surface area contributed by atoms with Gasteiger partial charge in [-0.15, -0.1) is 0 Å². The molecule has 3 rings (SSSR count). The number of benzene rings is 2. The normalized spacial score (nSPS) is 10.5. The second-order valence-corrected chi connectivity index (χ2v) is 6.82. The third-order valence-electron chi connectivity index (χ3n) is 4.65. The van der Waals surface area contributed by atoms with Gasteiger partial charge >= 0.3 is 5.97 Å². The molecule has 1 heterocycles. The van der Waals surface area contributed by atoms with Crippen LogP contribution in [-0.4, -0.2) is 24.2 Å². The first kappa shape index (κ1) is 21.4. The van der Waals surface area contributed by atoms with Gasteiger partial charge in [0.15, 0.2) is 0 Å². The number of anilines is 1. The number of aromatic nitrogens is 1. The molecule has 156 valence electrons. The lowest BCUT2D eigenvalue weighted by atomic mass is 10.1. The zero-order valence-electron chi connectivity index (χ0n) is 17.6. The topological polar surface area (TPSA) is 60.5 Å². The SMILES string of the molecule is CCOC(=O)CCc1ccc(NCc2ccc(-c3ccccc3)nc2OCC)cc1. The summed E-state index contributed by atoms with van der Waals surface area (Å²) >= 11 is 0. The largest absolute Gasteiger partial charge is 0.478 e. The number of esters is 1. The highest BCUT2D eigenvalue weighted by atomic mass is 16.5. The summed E-state index contributed by atoms with van der Waals surface area (Å²) in [6.07, 6.45) is 1.08. The molecule has 3 aromatic rings. The molecule has 0 fully saturated rings. The van der Waals surface area contributed by atoms with Crippen LogP contribution in [0.3, 0.4) is 0 Å². The highest BCUT2D eigenvalue weighted by molar-refractivity contribution is 5.69. The molecule has 0 bridgehead atoms. The van der Waals surface area contributed by atoms with Crippen LogP contribution in [0.2, 0.25) is 0 Å². The molecule has 5 heteroatoms. The van der Waals surface area contributed by atoms with Gasteiger partial charge in [-0.3, -0.25) is 4.79 Å². The van der Waals surface area contributed by atoms with Crippen molar-refractivity contribution in [2.75, 3.05) is 18.5 Å². The number of rotatable bonds is 10. The van der Waals surface area contributed by atoms with Crippen molar-refractivity contribution >= 4 is 11.7 Å². The molecule has 1 N–H and O–H groups in total. The zero-order valence-corrected chi connectivity index (χ0v) is 17.6. The molecule has 0 unspecified atom stereocenters. The summed E-state index contributed by atoms with van der Waals surface area (Å²) in [5, 5.41) is 3.42. The first-order valence-electron chi connectivity index (χ1n) is 10.4. The minimum atomic E-state index is -0.158. The van der Waals surface area contributed by atoms with Crippen molar-refractivity contribution in [1.29, 1.82) is 0 Å². The van der Waals surface area contributed by atoms with Crippen LogP contribution in [0.25, 0.3) is 11.3 Å². The highest BCUT2D eigenvalue weighted by Crippen LogP contribution is 2.24. The molecule has 5 nitrogen and oxygen atoms in total. The number of nitrogens with zero attached hydrogens (tertiary/aromatic N) is 1. The third-order valence-corrected chi connectivity index (χ3v) is 4.65. The summed E-state index contributed by atoms with van der Waals surface area (Å²) in [6, 6.07) is 22.3. The van der Waals surface area contributed by atoms with Crippen molar-refractivity contribution in [1.82, 2.24) is 4.98 Å². The minimum absolute atomic E-state index is 0.158. The van der Waals surface area contributed by atoms with Crippen molar-refractivity contribution < 1.29 is 14.3 Å². The number of hydrogen-bond acceptors (Lipinski definition) is 5. The number of carbonyl (C=O) groups excluding carboxylic acids is 1. The predicted molar refractivity (Wildman–Crippen MR) is 120 cm³/mol. The number of nitrogens with one attached hydrogen (secondary N) is 1. The van der Waals surface area contributed by atoms with E-state index in [9.17, 15) is 4.79 Å². The van der Waals surface area contributed by atoms with Crippen LogP contribution in [0.15, 0.2) is 66.7 Å². The van der Waals surface area contributed by atoms with Crippen LogP contribution >= 0.6 is 0 Å². The fraction of sp³-hybridized carbons (Fsp3) is 0.280. The van der Waals surface area contributed by atoms with Crippen LogP contribution in [0.1, 0.15) is 31.4 Å². The van der Waals surface area contributed by atoms with Gasteiger partial charge in [-0.2, -0.15) is 0 Å². The molecule has 1 aromatic heterocycles. The van der Waals surface area contributed by atoms with Crippen molar-refractivity contribution in [2.24, 2.45) is 0 Å². The summed E-state index contributed by atoms with van der Waals surface area (Å²) < 4.78 is 10.8. The maximum absolute atomic E-state index is 11.5. The molecule has 0 spiro atoms. The Hall–Kier alpha value is -3.34. The Labute approximate surface area is 178 Å². The van der Waals surface area contributed by atoms with Gasteiger partial charge in [0.25, 0.3) is 0 Å². The van der Waals surface area contributed by atoms with E-state index in [2.05, 4.69) is 11.4 Å². The Morgan fingerprint density at radius 2 is 1.70 bits per heavy atom. The van der Waals surface area contributed by atoms with E-state index in [0.717, 1.165) is 28.1 Å². The lowest BCUT2D eigenvalue weighted by molar-refractivity contribution is -0.143. The smallest absolute Gasteiger partial charge is 0.306 e. The van der Waals surface area contributed by atoms with E-state index in [1.807, 2.05) is 74.5 Å². The second-order valence-electron chi connectivity index (χ2n) is 6.82. The van der Waals surface area contributed by atoms with Crippen LogP contribution in [-0.2, 0) is 22.5 Å². The zero-order chi connectivity index (χ0) is 21.2. The second kappa shape index (κ2) is 11.0. The lowest BCUT2D eigenvalue weighted by Gasteiger charge is -2.13. The fourth-order valence-electron chi connectivity index (χ4n) is 3.10. The molecule has 2 aromatic carbocycles. The summed E-state index contributed by atoms with van der Waals surface area (Å²) in [4.78, 5) is 16.2. The standard InChI is InChI=1S/C25H28N2O3/c1-3-29-24(28)17-12-19-10-14-22(15-11-19)26-18-21-13-16-23(27-25(21)30-4-2)20-8-6-5-7-9-20/h5-11,13-16,26H,3-4,12,17-18H2,1-2H3. The molecular formula is C25H28N2O3. The Balaban J connectivity index is 1.62. The van der Waals surface area contributed by atoms with Crippen LogP contribution < -0.4 is 10.1 Å². The van der Waals surface area contributed by atoms with Gasteiger partial charge in [0, 0.05) is 29.8 Å². The van der Waals surface area contributed by atoms with E-state index in [1.54, 1.807) is 0 Å². The first-order valence-corrected chi connectivity index (χ1v) is 10.4. The maximum atomic E-state index is 11.5. The molecular weight excluding hydrogens is 376 g/mol. The summed E-state index contributed by atoms with van der Waals surface area (Å²) in [5.41, 5.74) is 5.08. The predicted octanol–water partition coefficient (Wildman–Crippen LogP) is 5.26. The molecule has 0 aliphatic rings. The Kier molecular flexibility index (Phi) is 7.84. The number of ether oxygens (including phenoxy) is 2. The van der Waals surface area contributed by atoms with Crippen LogP contribution in [0.5, 0.6) is 5.88 Å². The maximum Gasteiger partial charge on any atom is 0.306 e. The molecule has 0 saturated heterocycles. The number of aryl methyl sites for hydroxylation is 1. The van der Waals surface area contributed by atoms with Gasteiger partial charge in [-0.05, 0) is 50.1 Å². The fourth-order valence-corrected chi connectivity index (χ4v) is 3.10. The average Bonchev–Trinajstić information content (AvgIpc) is 2.78. The van der Waals surface area contributed by atoms with E-state index in [4.69, 9.17) is 14.5 Å². The highest BCUT2D eigenvalue weighted by Gasteiger charge is 2.09. The van der Waals surface area contributed by atoms with Gasteiger partial charge in [0.2, 0.25) is 5.88 Å².